The molecule has 6 nitrogen and oxygen atoms in total. The van der Waals surface area contributed by atoms with E-state index in [1.54, 1.807) is 6.20 Å². The van der Waals surface area contributed by atoms with Gasteiger partial charge in [0, 0.05) is 18.1 Å². The summed E-state index contributed by atoms with van der Waals surface area (Å²) >= 11 is 0. The molecule has 1 aromatic heterocycles. The Morgan fingerprint density at radius 3 is 2.96 bits per heavy atom. The number of carbonyl (C=O) groups is 2. The van der Waals surface area contributed by atoms with Gasteiger partial charge in [0.2, 0.25) is 0 Å². The van der Waals surface area contributed by atoms with Gasteiger partial charge in [-0.25, -0.2) is 0 Å². The number of amides is 1. The Labute approximate surface area is 158 Å². The van der Waals surface area contributed by atoms with Crippen molar-refractivity contribution in [3.8, 4) is 0 Å². The van der Waals surface area contributed by atoms with Crippen LogP contribution in [0.15, 0.2) is 36.5 Å². The van der Waals surface area contributed by atoms with Crippen LogP contribution in [0.5, 0.6) is 0 Å². The maximum absolute atomic E-state index is 12.6. The molecule has 27 heavy (non-hydrogen) atoms. The van der Waals surface area contributed by atoms with Gasteiger partial charge < -0.3 is 14.4 Å². The third-order valence-electron chi connectivity index (χ3n) is 5.46. The molecule has 1 aliphatic heterocycles. The summed E-state index contributed by atoms with van der Waals surface area (Å²) in [4.78, 5) is 31.1. The highest BCUT2D eigenvalue weighted by Gasteiger charge is 2.36. The van der Waals surface area contributed by atoms with E-state index in [-0.39, 0.29) is 31.1 Å². The van der Waals surface area contributed by atoms with Crippen molar-refractivity contribution < 1.29 is 19.1 Å². The molecule has 0 bridgehead atoms. The first-order chi connectivity index (χ1) is 13.2. The van der Waals surface area contributed by atoms with E-state index in [9.17, 15) is 9.59 Å². The second-order valence-corrected chi connectivity index (χ2v) is 7.18. The van der Waals surface area contributed by atoms with Crippen LogP contribution in [0.1, 0.15) is 31.2 Å². The predicted octanol–water partition coefficient (Wildman–Crippen LogP) is 2.49. The topological polar surface area (TPSA) is 68.7 Å². The van der Waals surface area contributed by atoms with Crippen molar-refractivity contribution in [3.63, 3.8) is 0 Å². The lowest BCUT2D eigenvalue weighted by Gasteiger charge is -2.43. The molecule has 2 fully saturated rings. The largest absolute Gasteiger partial charge is 0.455 e. The number of rotatable bonds is 4. The zero-order valence-corrected chi connectivity index (χ0v) is 15.3. The molecule has 0 N–H and O–H groups in total. The molecule has 2 aliphatic rings. The lowest BCUT2D eigenvalue weighted by molar-refractivity contribution is -0.160. The molecule has 2 heterocycles. The fourth-order valence-electron chi connectivity index (χ4n) is 4.15. The van der Waals surface area contributed by atoms with E-state index in [1.807, 2.05) is 35.2 Å². The predicted molar refractivity (Wildman–Crippen MR) is 100 cm³/mol. The molecule has 1 amide bonds. The lowest BCUT2D eigenvalue weighted by Crippen LogP contribution is -2.55. The maximum atomic E-state index is 12.6. The number of pyridine rings is 1. The van der Waals surface area contributed by atoms with Crippen molar-refractivity contribution in [2.45, 2.75) is 44.2 Å². The van der Waals surface area contributed by atoms with E-state index < -0.39 is 5.97 Å². The van der Waals surface area contributed by atoms with Crippen LogP contribution in [0.3, 0.4) is 0 Å². The number of nitrogens with zero attached hydrogens (tertiary/aromatic N) is 2. The van der Waals surface area contributed by atoms with E-state index in [4.69, 9.17) is 9.47 Å². The Balaban J connectivity index is 1.35. The van der Waals surface area contributed by atoms with Crippen LogP contribution >= 0.6 is 0 Å². The number of hydrogen-bond acceptors (Lipinski definition) is 5. The van der Waals surface area contributed by atoms with Gasteiger partial charge in [0.05, 0.1) is 30.7 Å². The molecule has 1 aromatic carbocycles. The third kappa shape index (κ3) is 3.95. The minimum Gasteiger partial charge on any atom is -0.455 e. The number of para-hydroxylation sites is 1. The summed E-state index contributed by atoms with van der Waals surface area (Å²) in [6.07, 6.45) is 6.18. The molecule has 0 unspecified atom stereocenters. The zero-order valence-electron chi connectivity index (χ0n) is 15.3. The van der Waals surface area contributed by atoms with Gasteiger partial charge >= 0.3 is 5.97 Å². The number of hydrogen-bond donors (Lipinski definition) is 0. The first kappa shape index (κ1) is 17.9. The molecule has 2 atom stereocenters. The molecule has 1 saturated heterocycles. The van der Waals surface area contributed by atoms with E-state index in [1.165, 1.54) is 0 Å². The van der Waals surface area contributed by atoms with Crippen LogP contribution in [-0.4, -0.2) is 53.7 Å². The normalized spacial score (nSPS) is 22.3. The molecule has 0 spiro atoms. The Morgan fingerprint density at radius 1 is 1.19 bits per heavy atom. The van der Waals surface area contributed by atoms with Gasteiger partial charge in [-0.1, -0.05) is 37.1 Å². The zero-order chi connectivity index (χ0) is 18.6. The summed E-state index contributed by atoms with van der Waals surface area (Å²) < 4.78 is 11.1. The second-order valence-electron chi connectivity index (χ2n) is 7.18. The monoisotopic (exact) mass is 368 g/mol. The van der Waals surface area contributed by atoms with Crippen LogP contribution in [-0.2, 0) is 25.5 Å². The van der Waals surface area contributed by atoms with Crippen LogP contribution in [0.2, 0.25) is 0 Å². The average Bonchev–Trinajstić information content (AvgIpc) is 2.72. The standard InChI is InChI=1S/C21H24N2O4/c24-19(23-11-12-26-18-9-2-1-8-17(18)23)14-27-20(25)13-16-6-3-5-15-7-4-10-22-21(15)16/h3-7,10,17-18H,1-2,8-9,11-14H2/t17-,18-/m1/s1. The summed E-state index contributed by atoms with van der Waals surface area (Å²) in [5, 5.41) is 0.982. The summed E-state index contributed by atoms with van der Waals surface area (Å²) in [5.41, 5.74) is 1.60. The molecule has 1 aliphatic carbocycles. The highest BCUT2D eigenvalue weighted by molar-refractivity contribution is 5.87. The third-order valence-corrected chi connectivity index (χ3v) is 5.46. The Hall–Kier alpha value is -2.47. The van der Waals surface area contributed by atoms with Gasteiger partial charge in [-0.15, -0.1) is 0 Å². The molecular weight excluding hydrogens is 344 g/mol. The van der Waals surface area contributed by atoms with E-state index in [0.29, 0.717) is 13.2 Å². The minimum atomic E-state index is -0.407. The van der Waals surface area contributed by atoms with Gasteiger partial charge in [-0.05, 0) is 24.5 Å². The van der Waals surface area contributed by atoms with Crippen molar-refractivity contribution in [1.82, 2.24) is 9.88 Å². The first-order valence-electron chi connectivity index (χ1n) is 9.62. The fourth-order valence-corrected chi connectivity index (χ4v) is 4.15. The molecule has 1 saturated carbocycles. The van der Waals surface area contributed by atoms with Crippen molar-refractivity contribution in [2.75, 3.05) is 19.8 Å². The van der Waals surface area contributed by atoms with Crippen molar-refractivity contribution in [2.24, 2.45) is 0 Å². The highest BCUT2D eigenvalue weighted by Crippen LogP contribution is 2.28. The molecule has 0 radical (unpaired) electrons. The minimum absolute atomic E-state index is 0.108. The van der Waals surface area contributed by atoms with Gasteiger partial charge in [-0.2, -0.15) is 0 Å². The van der Waals surface area contributed by atoms with Crippen molar-refractivity contribution >= 4 is 22.8 Å². The first-order valence-corrected chi connectivity index (χ1v) is 9.62. The van der Waals surface area contributed by atoms with Crippen LogP contribution in [0.25, 0.3) is 10.9 Å². The quantitative estimate of drug-likeness (QED) is 0.776. The summed E-state index contributed by atoms with van der Waals surface area (Å²) in [6, 6.07) is 9.67. The van der Waals surface area contributed by atoms with Crippen LogP contribution in [0.4, 0.5) is 0 Å². The average molecular weight is 368 g/mol. The van der Waals surface area contributed by atoms with Crippen LogP contribution < -0.4 is 0 Å². The SMILES string of the molecule is O=C(Cc1cccc2cccnc12)OCC(=O)N1CCO[C@@H]2CCCC[C@H]21. The highest BCUT2D eigenvalue weighted by atomic mass is 16.5. The molecule has 6 heteroatoms. The molecular formula is C21H24N2O4. The summed E-state index contributed by atoms with van der Waals surface area (Å²) in [7, 11) is 0. The van der Waals surface area contributed by atoms with Gasteiger partial charge in [0.25, 0.3) is 5.91 Å². The number of ether oxygens (including phenoxy) is 2. The van der Waals surface area contributed by atoms with Crippen molar-refractivity contribution in [3.05, 3.63) is 42.1 Å². The maximum Gasteiger partial charge on any atom is 0.310 e. The second kappa shape index (κ2) is 8.05. The van der Waals surface area contributed by atoms with E-state index in [2.05, 4.69) is 4.98 Å². The number of morpholine rings is 1. The summed E-state index contributed by atoms with van der Waals surface area (Å²) in [5.74, 6) is -0.533. The smallest absolute Gasteiger partial charge is 0.310 e. The Bertz CT molecular complexity index is 831. The van der Waals surface area contributed by atoms with Gasteiger partial charge in [0.1, 0.15) is 0 Å². The lowest BCUT2D eigenvalue weighted by atomic mass is 9.90. The number of esters is 1. The van der Waals surface area contributed by atoms with Gasteiger partial charge in [-0.3, -0.25) is 14.6 Å². The fraction of sp³-hybridized carbons (Fsp3) is 0.476. The van der Waals surface area contributed by atoms with Crippen molar-refractivity contribution in [1.29, 1.82) is 0 Å². The molecule has 2 aromatic rings. The molecule has 142 valence electrons. The number of benzene rings is 1. The van der Waals surface area contributed by atoms with Gasteiger partial charge in [0.15, 0.2) is 6.61 Å². The number of carbonyl (C=O) groups excluding carboxylic acids is 2. The summed E-state index contributed by atoms with van der Waals surface area (Å²) in [6.45, 7) is 0.924. The number of aromatic nitrogens is 1. The Kier molecular flexibility index (Phi) is 5.34. The van der Waals surface area contributed by atoms with Crippen LogP contribution in [0, 0.1) is 0 Å². The van der Waals surface area contributed by atoms with E-state index in [0.717, 1.165) is 42.1 Å². The number of fused-ring (bicyclic) bond motifs is 2. The Morgan fingerprint density at radius 2 is 2.04 bits per heavy atom. The van der Waals surface area contributed by atoms with E-state index >= 15 is 0 Å². The molecule has 4 rings (SSSR count).